The summed E-state index contributed by atoms with van der Waals surface area (Å²) in [7, 11) is 0. The molecule has 1 aromatic heterocycles. The maximum absolute atomic E-state index is 14.9. The summed E-state index contributed by atoms with van der Waals surface area (Å²) in [6.07, 6.45) is -4.83. The van der Waals surface area contributed by atoms with Gasteiger partial charge in [0, 0.05) is 29.9 Å². The fraction of sp³-hybridized carbons (Fsp3) is 0.286. The average molecular weight is 503 g/mol. The molecular formula is C21H16ClF5N4O3. The van der Waals surface area contributed by atoms with Gasteiger partial charge in [0.15, 0.2) is 0 Å². The van der Waals surface area contributed by atoms with Crippen LogP contribution in [0.5, 0.6) is 0 Å². The molecule has 34 heavy (non-hydrogen) atoms. The summed E-state index contributed by atoms with van der Waals surface area (Å²) in [6.45, 7) is 1.02. The highest BCUT2D eigenvalue weighted by Gasteiger charge is 2.38. The Labute approximate surface area is 194 Å². The van der Waals surface area contributed by atoms with E-state index >= 15 is 0 Å². The van der Waals surface area contributed by atoms with E-state index in [-0.39, 0.29) is 28.4 Å². The third kappa shape index (κ3) is 5.12. The summed E-state index contributed by atoms with van der Waals surface area (Å²) in [5, 5.41) is 6.00. The molecule has 0 unspecified atom stereocenters. The van der Waals surface area contributed by atoms with E-state index in [9.17, 15) is 26.7 Å². The monoisotopic (exact) mass is 502 g/mol. The highest BCUT2D eigenvalue weighted by molar-refractivity contribution is 6.31. The Morgan fingerprint density at radius 1 is 1.06 bits per heavy atom. The van der Waals surface area contributed by atoms with Gasteiger partial charge in [-0.3, -0.25) is 4.90 Å². The molecule has 13 heteroatoms. The van der Waals surface area contributed by atoms with Crippen molar-refractivity contribution in [2.75, 3.05) is 31.2 Å². The number of morpholine rings is 1. The lowest BCUT2D eigenvalue weighted by molar-refractivity contribution is -0.156. The first-order chi connectivity index (χ1) is 16.1. The minimum atomic E-state index is -4.83. The molecule has 180 valence electrons. The molecule has 0 bridgehead atoms. The lowest BCUT2D eigenvalue weighted by Crippen LogP contribution is -2.48. The van der Waals surface area contributed by atoms with Gasteiger partial charge in [-0.2, -0.15) is 13.2 Å². The number of benzene rings is 2. The average Bonchev–Trinajstić information content (AvgIpc) is 3.31. The summed E-state index contributed by atoms with van der Waals surface area (Å²) in [6, 6.07) is 6.71. The number of ether oxygens (including phenoxy) is 1. The van der Waals surface area contributed by atoms with Gasteiger partial charge in [-0.05, 0) is 30.3 Å². The second-order valence-electron chi connectivity index (χ2n) is 7.28. The number of hydrogen-bond donors (Lipinski definition) is 0. The van der Waals surface area contributed by atoms with Crippen LogP contribution >= 0.6 is 11.6 Å². The van der Waals surface area contributed by atoms with E-state index in [4.69, 9.17) is 16.3 Å². The van der Waals surface area contributed by atoms with Crippen molar-refractivity contribution in [1.29, 1.82) is 0 Å². The maximum Gasteiger partial charge on any atom is 0.470 e. The fourth-order valence-corrected chi connectivity index (χ4v) is 3.46. The highest BCUT2D eigenvalue weighted by Crippen LogP contribution is 2.31. The fourth-order valence-electron chi connectivity index (χ4n) is 3.28. The van der Waals surface area contributed by atoms with Crippen LogP contribution in [0.4, 0.5) is 32.4 Å². The van der Waals surface area contributed by atoms with Gasteiger partial charge >= 0.3 is 18.1 Å². The van der Waals surface area contributed by atoms with Gasteiger partial charge in [0.25, 0.3) is 0 Å². The molecule has 3 aromatic rings. The zero-order chi connectivity index (χ0) is 24.5. The number of amides is 2. The molecule has 0 aliphatic carbocycles. The van der Waals surface area contributed by atoms with Crippen molar-refractivity contribution >= 4 is 23.3 Å². The van der Waals surface area contributed by atoms with Gasteiger partial charge in [0.1, 0.15) is 11.6 Å². The Balaban J connectivity index is 1.63. The summed E-state index contributed by atoms with van der Waals surface area (Å²) >= 11 is 5.88. The third-order valence-electron chi connectivity index (χ3n) is 5.02. The lowest BCUT2D eigenvalue weighted by atomic mass is 10.1. The van der Waals surface area contributed by atoms with Crippen LogP contribution in [-0.4, -0.2) is 47.4 Å². The van der Waals surface area contributed by atoms with Crippen LogP contribution in [0.3, 0.4) is 0 Å². The number of halogens is 6. The van der Waals surface area contributed by atoms with Crippen molar-refractivity contribution in [1.82, 2.24) is 15.1 Å². The van der Waals surface area contributed by atoms with Gasteiger partial charge in [-0.25, -0.2) is 13.6 Å². The van der Waals surface area contributed by atoms with E-state index in [1.165, 1.54) is 34.1 Å². The van der Waals surface area contributed by atoms with Crippen molar-refractivity contribution in [3.8, 4) is 11.5 Å². The van der Waals surface area contributed by atoms with Crippen LogP contribution in [-0.2, 0) is 17.5 Å². The van der Waals surface area contributed by atoms with Gasteiger partial charge in [-0.15, -0.1) is 10.2 Å². The molecule has 1 aliphatic heterocycles. The Morgan fingerprint density at radius 3 is 2.41 bits per heavy atom. The number of carbonyl (C=O) groups excluding carboxylic acids is 1. The summed E-state index contributed by atoms with van der Waals surface area (Å²) in [5.41, 5.74) is 0.208. The second kappa shape index (κ2) is 9.55. The van der Waals surface area contributed by atoms with E-state index in [0.29, 0.717) is 26.3 Å². The topological polar surface area (TPSA) is 71.7 Å². The number of alkyl halides is 3. The molecule has 2 aromatic carbocycles. The number of aromatic nitrogens is 2. The Hall–Kier alpha value is -3.25. The zero-order valence-electron chi connectivity index (χ0n) is 17.3. The summed E-state index contributed by atoms with van der Waals surface area (Å²) in [5.74, 6) is -3.57. The van der Waals surface area contributed by atoms with Crippen LogP contribution in [0, 0.1) is 11.6 Å². The van der Waals surface area contributed by atoms with Crippen LogP contribution in [0.2, 0.25) is 5.02 Å². The van der Waals surface area contributed by atoms with E-state index in [2.05, 4.69) is 14.6 Å². The number of hydrogen-bond acceptors (Lipinski definition) is 5. The van der Waals surface area contributed by atoms with E-state index in [1.54, 1.807) is 0 Å². The van der Waals surface area contributed by atoms with E-state index < -0.39 is 35.6 Å². The van der Waals surface area contributed by atoms with Gasteiger partial charge < -0.3 is 14.1 Å². The molecule has 1 fully saturated rings. The SMILES string of the molecule is O=C(N1CCOCC1)N(Cc1ccc(-c2nnc(C(F)(F)F)o2)cc1F)c1ccc(F)c(Cl)c1. The van der Waals surface area contributed by atoms with Crippen molar-refractivity contribution in [3.63, 3.8) is 0 Å². The first-order valence-corrected chi connectivity index (χ1v) is 10.3. The largest absolute Gasteiger partial charge is 0.470 e. The van der Waals surface area contributed by atoms with E-state index in [1.807, 2.05) is 0 Å². The highest BCUT2D eigenvalue weighted by atomic mass is 35.5. The Kier molecular flexibility index (Phi) is 6.71. The minimum absolute atomic E-state index is 0.0429. The maximum atomic E-state index is 14.9. The van der Waals surface area contributed by atoms with Gasteiger partial charge in [-0.1, -0.05) is 17.7 Å². The predicted octanol–water partition coefficient (Wildman–Crippen LogP) is 5.15. The lowest BCUT2D eigenvalue weighted by Gasteiger charge is -2.33. The minimum Gasteiger partial charge on any atom is -0.413 e. The number of urea groups is 1. The summed E-state index contributed by atoms with van der Waals surface area (Å²) in [4.78, 5) is 15.9. The number of rotatable bonds is 4. The molecule has 2 heterocycles. The Morgan fingerprint density at radius 2 is 1.79 bits per heavy atom. The molecule has 2 amide bonds. The first-order valence-electron chi connectivity index (χ1n) is 9.92. The van der Waals surface area contributed by atoms with Gasteiger partial charge in [0.2, 0.25) is 5.89 Å². The smallest absolute Gasteiger partial charge is 0.413 e. The molecule has 0 N–H and O–H groups in total. The molecule has 0 spiro atoms. The van der Waals surface area contributed by atoms with Crippen LogP contribution in [0.15, 0.2) is 40.8 Å². The first kappa shape index (κ1) is 23.9. The zero-order valence-corrected chi connectivity index (χ0v) is 18.0. The molecule has 1 saturated heterocycles. The number of nitrogens with zero attached hydrogens (tertiary/aromatic N) is 4. The molecule has 0 saturated carbocycles. The van der Waals surface area contributed by atoms with Crippen LogP contribution in [0.1, 0.15) is 11.5 Å². The van der Waals surface area contributed by atoms with Crippen LogP contribution in [0.25, 0.3) is 11.5 Å². The third-order valence-corrected chi connectivity index (χ3v) is 5.31. The predicted molar refractivity (Wildman–Crippen MR) is 110 cm³/mol. The molecule has 0 atom stereocenters. The number of carbonyl (C=O) groups is 1. The van der Waals surface area contributed by atoms with Gasteiger partial charge in [0.05, 0.1) is 24.8 Å². The number of anilines is 1. The molecule has 0 radical (unpaired) electrons. The Bertz CT molecular complexity index is 1200. The van der Waals surface area contributed by atoms with Crippen molar-refractivity contribution in [2.24, 2.45) is 0 Å². The normalized spacial score (nSPS) is 14.4. The quantitative estimate of drug-likeness (QED) is 0.462. The molecular weight excluding hydrogens is 487 g/mol. The summed E-state index contributed by atoms with van der Waals surface area (Å²) < 4.78 is 76.5. The van der Waals surface area contributed by atoms with Crippen molar-refractivity contribution < 1.29 is 35.9 Å². The van der Waals surface area contributed by atoms with Crippen molar-refractivity contribution in [2.45, 2.75) is 12.7 Å². The van der Waals surface area contributed by atoms with E-state index in [0.717, 1.165) is 12.1 Å². The molecule has 7 nitrogen and oxygen atoms in total. The molecule has 1 aliphatic rings. The van der Waals surface area contributed by atoms with Crippen molar-refractivity contribution in [3.05, 3.63) is 64.5 Å². The standard InChI is InChI=1S/C21H16ClF5N4O3/c22-15-10-14(3-4-16(15)23)31(20(32)30-5-7-33-8-6-30)11-13-2-1-12(9-17(13)24)18-28-29-19(34-18)21(25,26)27/h1-4,9-10H,5-8,11H2. The van der Waals surface area contributed by atoms with Crippen LogP contribution < -0.4 is 4.90 Å². The molecule has 4 rings (SSSR count). The second-order valence-corrected chi connectivity index (χ2v) is 7.69.